The SMILES string of the molecule is CC1(C)CCC(NC(=O)NC(C(=O)O)c2cccs2)C1. The van der Waals surface area contributed by atoms with E-state index < -0.39 is 18.0 Å². The van der Waals surface area contributed by atoms with Crippen molar-refractivity contribution in [3.05, 3.63) is 22.4 Å². The Morgan fingerprint density at radius 1 is 1.50 bits per heavy atom. The molecule has 2 amide bonds. The molecule has 2 rings (SSSR count). The van der Waals surface area contributed by atoms with Crippen molar-refractivity contribution in [3.63, 3.8) is 0 Å². The van der Waals surface area contributed by atoms with Crippen LogP contribution < -0.4 is 10.6 Å². The van der Waals surface area contributed by atoms with E-state index in [1.165, 1.54) is 11.3 Å². The molecular formula is C14H20N2O3S. The first-order valence-corrected chi connectivity index (χ1v) is 7.58. The fourth-order valence-corrected chi connectivity index (χ4v) is 3.39. The van der Waals surface area contributed by atoms with E-state index in [1.54, 1.807) is 17.5 Å². The number of hydrogen-bond acceptors (Lipinski definition) is 3. The van der Waals surface area contributed by atoms with Crippen LogP contribution in [0.4, 0.5) is 4.79 Å². The number of carboxylic acid groups (broad SMARTS) is 1. The molecular weight excluding hydrogens is 276 g/mol. The van der Waals surface area contributed by atoms with Gasteiger partial charge in [0.15, 0.2) is 6.04 Å². The Bertz CT molecular complexity index is 485. The predicted octanol–water partition coefficient (Wildman–Crippen LogP) is 2.75. The van der Waals surface area contributed by atoms with Gasteiger partial charge in [0, 0.05) is 10.9 Å². The standard InChI is InChI=1S/C14H20N2O3S/c1-14(2)6-5-9(8-14)15-13(19)16-11(12(17)18)10-4-3-7-20-10/h3-4,7,9,11H,5-6,8H2,1-2H3,(H,17,18)(H2,15,16,19). The van der Waals surface area contributed by atoms with Crippen molar-refractivity contribution >= 4 is 23.3 Å². The predicted molar refractivity (Wildman–Crippen MR) is 77.8 cm³/mol. The first-order chi connectivity index (χ1) is 9.37. The summed E-state index contributed by atoms with van der Waals surface area (Å²) < 4.78 is 0. The lowest BCUT2D eigenvalue weighted by Gasteiger charge is -2.19. The number of carbonyl (C=O) groups is 2. The van der Waals surface area contributed by atoms with E-state index in [0.717, 1.165) is 19.3 Å². The summed E-state index contributed by atoms with van der Waals surface area (Å²) in [5.74, 6) is -1.05. The molecule has 1 aliphatic carbocycles. The third-order valence-corrected chi connectivity index (χ3v) is 4.59. The van der Waals surface area contributed by atoms with E-state index >= 15 is 0 Å². The van der Waals surface area contributed by atoms with Crippen LogP contribution in [0.25, 0.3) is 0 Å². The number of thiophene rings is 1. The molecule has 0 spiro atoms. The van der Waals surface area contributed by atoms with E-state index in [0.29, 0.717) is 4.88 Å². The highest BCUT2D eigenvalue weighted by Crippen LogP contribution is 2.36. The molecule has 0 radical (unpaired) electrons. The van der Waals surface area contributed by atoms with Crippen LogP contribution >= 0.6 is 11.3 Å². The van der Waals surface area contributed by atoms with Crippen LogP contribution in [0.2, 0.25) is 0 Å². The van der Waals surface area contributed by atoms with E-state index in [9.17, 15) is 14.7 Å². The molecule has 3 N–H and O–H groups in total. The van der Waals surface area contributed by atoms with Gasteiger partial charge in [0.1, 0.15) is 0 Å². The Balaban J connectivity index is 1.91. The minimum Gasteiger partial charge on any atom is -0.479 e. The van der Waals surface area contributed by atoms with Gasteiger partial charge in [-0.25, -0.2) is 9.59 Å². The molecule has 6 heteroatoms. The van der Waals surface area contributed by atoms with Gasteiger partial charge in [0.05, 0.1) is 0 Å². The maximum atomic E-state index is 11.9. The van der Waals surface area contributed by atoms with Crippen molar-refractivity contribution in [2.45, 2.75) is 45.2 Å². The quantitative estimate of drug-likeness (QED) is 0.799. The Morgan fingerprint density at radius 3 is 2.75 bits per heavy atom. The van der Waals surface area contributed by atoms with Crippen LogP contribution in [-0.4, -0.2) is 23.1 Å². The summed E-state index contributed by atoms with van der Waals surface area (Å²) in [5.41, 5.74) is 0.248. The largest absolute Gasteiger partial charge is 0.479 e. The van der Waals surface area contributed by atoms with Crippen molar-refractivity contribution < 1.29 is 14.7 Å². The molecule has 2 atom stereocenters. The van der Waals surface area contributed by atoms with Gasteiger partial charge in [-0.05, 0) is 36.1 Å². The summed E-state index contributed by atoms with van der Waals surface area (Å²) in [7, 11) is 0. The minimum atomic E-state index is -1.05. The number of carbonyl (C=O) groups excluding carboxylic acids is 1. The zero-order valence-corrected chi connectivity index (χ0v) is 12.5. The monoisotopic (exact) mass is 296 g/mol. The summed E-state index contributed by atoms with van der Waals surface area (Å²) >= 11 is 1.32. The smallest absolute Gasteiger partial charge is 0.331 e. The number of urea groups is 1. The average Bonchev–Trinajstić information content (AvgIpc) is 2.95. The molecule has 1 heterocycles. The van der Waals surface area contributed by atoms with E-state index in [1.807, 2.05) is 0 Å². The second kappa shape index (κ2) is 5.83. The molecule has 1 aromatic heterocycles. The molecule has 0 saturated heterocycles. The van der Waals surface area contributed by atoms with Gasteiger partial charge < -0.3 is 15.7 Å². The van der Waals surface area contributed by atoms with Crippen molar-refractivity contribution in [3.8, 4) is 0 Å². The van der Waals surface area contributed by atoms with Gasteiger partial charge in [0.25, 0.3) is 0 Å². The normalized spacial score (nSPS) is 22.2. The van der Waals surface area contributed by atoms with Crippen LogP contribution in [0.3, 0.4) is 0 Å². The summed E-state index contributed by atoms with van der Waals surface area (Å²) in [4.78, 5) is 23.8. The van der Waals surface area contributed by atoms with E-state index in [4.69, 9.17) is 0 Å². The highest BCUT2D eigenvalue weighted by molar-refractivity contribution is 7.10. The Hall–Kier alpha value is -1.56. The summed E-state index contributed by atoms with van der Waals surface area (Å²) in [6, 6.07) is 2.22. The lowest BCUT2D eigenvalue weighted by atomic mass is 9.92. The van der Waals surface area contributed by atoms with E-state index in [2.05, 4.69) is 24.5 Å². The molecule has 1 aromatic rings. The number of carboxylic acids is 1. The lowest BCUT2D eigenvalue weighted by Crippen LogP contribution is -2.44. The molecule has 1 fully saturated rings. The summed E-state index contributed by atoms with van der Waals surface area (Å²) in [6.45, 7) is 4.36. The van der Waals surface area contributed by atoms with Gasteiger partial charge in [-0.2, -0.15) is 0 Å². The first kappa shape index (κ1) is 14.8. The number of nitrogens with one attached hydrogen (secondary N) is 2. The molecule has 0 aliphatic heterocycles. The van der Waals surface area contributed by atoms with E-state index in [-0.39, 0.29) is 11.5 Å². The highest BCUT2D eigenvalue weighted by Gasteiger charge is 2.32. The molecule has 110 valence electrons. The molecule has 0 aromatic carbocycles. The number of hydrogen-bond donors (Lipinski definition) is 3. The van der Waals surface area contributed by atoms with Gasteiger partial charge in [-0.1, -0.05) is 19.9 Å². The minimum absolute atomic E-state index is 0.128. The van der Waals surface area contributed by atoms with Crippen LogP contribution in [0.5, 0.6) is 0 Å². The van der Waals surface area contributed by atoms with Gasteiger partial charge in [-0.15, -0.1) is 11.3 Å². The second-order valence-corrected chi connectivity index (χ2v) is 6.99. The zero-order valence-electron chi connectivity index (χ0n) is 11.7. The molecule has 0 bridgehead atoms. The molecule has 1 saturated carbocycles. The lowest BCUT2D eigenvalue weighted by molar-refractivity contribution is -0.139. The van der Waals surface area contributed by atoms with Crippen LogP contribution in [0, 0.1) is 5.41 Å². The van der Waals surface area contributed by atoms with Gasteiger partial charge >= 0.3 is 12.0 Å². The number of aliphatic carboxylic acids is 1. The highest BCUT2D eigenvalue weighted by atomic mass is 32.1. The first-order valence-electron chi connectivity index (χ1n) is 6.71. The third-order valence-electron chi connectivity index (χ3n) is 3.65. The third kappa shape index (κ3) is 3.72. The molecule has 20 heavy (non-hydrogen) atoms. The molecule has 5 nitrogen and oxygen atoms in total. The fourth-order valence-electron chi connectivity index (χ4n) is 2.63. The summed E-state index contributed by atoms with van der Waals surface area (Å²) in [6.07, 6.45) is 2.94. The van der Waals surface area contributed by atoms with Crippen molar-refractivity contribution in [1.82, 2.24) is 10.6 Å². The number of amides is 2. The van der Waals surface area contributed by atoms with Crippen LogP contribution in [-0.2, 0) is 4.79 Å². The van der Waals surface area contributed by atoms with Gasteiger partial charge in [-0.3, -0.25) is 0 Å². The average molecular weight is 296 g/mol. The second-order valence-electron chi connectivity index (χ2n) is 6.01. The topological polar surface area (TPSA) is 78.4 Å². The van der Waals surface area contributed by atoms with Crippen molar-refractivity contribution in [2.75, 3.05) is 0 Å². The molecule has 2 unspecified atom stereocenters. The van der Waals surface area contributed by atoms with Gasteiger partial charge in [0.2, 0.25) is 0 Å². The Kier molecular flexibility index (Phi) is 4.32. The van der Waals surface area contributed by atoms with Crippen LogP contribution in [0.15, 0.2) is 17.5 Å². The number of rotatable bonds is 4. The van der Waals surface area contributed by atoms with Crippen LogP contribution in [0.1, 0.15) is 44.0 Å². The fraction of sp³-hybridized carbons (Fsp3) is 0.571. The summed E-state index contributed by atoms with van der Waals surface area (Å²) in [5, 5.41) is 16.4. The van der Waals surface area contributed by atoms with Crippen molar-refractivity contribution in [1.29, 1.82) is 0 Å². The maximum absolute atomic E-state index is 11.9. The Labute approximate surface area is 122 Å². The molecule has 1 aliphatic rings. The van der Waals surface area contributed by atoms with Crippen molar-refractivity contribution in [2.24, 2.45) is 5.41 Å². The zero-order chi connectivity index (χ0) is 14.8. The maximum Gasteiger partial charge on any atom is 0.331 e. The Morgan fingerprint density at radius 2 is 2.25 bits per heavy atom.